The summed E-state index contributed by atoms with van der Waals surface area (Å²) < 4.78 is 28.7. The average molecular weight is 396 g/mol. The lowest BCUT2D eigenvalue weighted by Crippen LogP contribution is -2.35. The van der Waals surface area contributed by atoms with Crippen molar-refractivity contribution in [2.45, 2.75) is 12.5 Å². The van der Waals surface area contributed by atoms with Gasteiger partial charge in [0.2, 0.25) is 0 Å². The molecular weight excluding hydrogens is 376 g/mol. The Morgan fingerprint density at radius 1 is 1.14 bits per heavy atom. The second-order valence-corrected chi connectivity index (χ2v) is 9.11. The number of amides is 1. The molecule has 2 heterocycles. The fourth-order valence-electron chi connectivity index (χ4n) is 3.47. The number of para-hydroxylation sites is 1. The highest BCUT2D eigenvalue weighted by Gasteiger charge is 2.29. The van der Waals surface area contributed by atoms with Gasteiger partial charge in [0.05, 0.1) is 35.4 Å². The molecule has 2 aromatic carbocycles. The van der Waals surface area contributed by atoms with Gasteiger partial charge < -0.3 is 10.1 Å². The molecule has 28 heavy (non-hydrogen) atoms. The van der Waals surface area contributed by atoms with Crippen LogP contribution in [0, 0.1) is 0 Å². The third-order valence-electron chi connectivity index (χ3n) is 4.89. The van der Waals surface area contributed by atoms with E-state index in [0.29, 0.717) is 28.9 Å². The summed E-state index contributed by atoms with van der Waals surface area (Å²) >= 11 is 0. The number of carbonyl (C=O) groups excluding carboxylic acids is 1. The Balaban J connectivity index is 1.75. The molecule has 1 amide bonds. The monoisotopic (exact) mass is 396 g/mol. The number of hydrogen-bond acceptors (Lipinski definition) is 5. The van der Waals surface area contributed by atoms with E-state index in [1.54, 1.807) is 13.2 Å². The molecule has 1 saturated heterocycles. The third-order valence-corrected chi connectivity index (χ3v) is 6.66. The van der Waals surface area contributed by atoms with Crippen LogP contribution in [0.4, 0.5) is 0 Å². The molecule has 1 fully saturated rings. The van der Waals surface area contributed by atoms with Gasteiger partial charge >= 0.3 is 0 Å². The molecule has 1 N–H and O–H groups in total. The van der Waals surface area contributed by atoms with E-state index in [0.717, 1.165) is 10.9 Å². The van der Waals surface area contributed by atoms with Gasteiger partial charge in [-0.3, -0.25) is 4.79 Å². The van der Waals surface area contributed by atoms with E-state index in [1.165, 1.54) is 0 Å². The Hall–Kier alpha value is -2.93. The van der Waals surface area contributed by atoms with Crippen LogP contribution in [0.2, 0.25) is 0 Å². The summed E-state index contributed by atoms with van der Waals surface area (Å²) in [7, 11) is -1.47. The van der Waals surface area contributed by atoms with E-state index in [2.05, 4.69) is 10.3 Å². The van der Waals surface area contributed by atoms with Crippen molar-refractivity contribution in [1.82, 2.24) is 10.3 Å². The standard InChI is InChI=1S/C21H20N2O4S/c1-27-16-6-4-5-14(11-16)20-12-18(17-7-2-3-8-19(17)23-20)21(24)22-15-9-10-28(25,26)13-15/h2-8,11-12,15H,9-10,13H2,1H3,(H,22,24). The van der Waals surface area contributed by atoms with Gasteiger partial charge in [-0.25, -0.2) is 13.4 Å². The molecule has 1 atom stereocenters. The Bertz CT molecular complexity index is 1160. The van der Waals surface area contributed by atoms with Crippen LogP contribution in [0.5, 0.6) is 5.75 Å². The summed E-state index contributed by atoms with van der Waals surface area (Å²) in [6.45, 7) is 0. The van der Waals surface area contributed by atoms with Crippen molar-refractivity contribution in [2.24, 2.45) is 0 Å². The van der Waals surface area contributed by atoms with Crippen molar-refractivity contribution >= 4 is 26.6 Å². The molecule has 6 nitrogen and oxygen atoms in total. The first-order valence-electron chi connectivity index (χ1n) is 9.01. The van der Waals surface area contributed by atoms with Crippen molar-refractivity contribution in [3.8, 4) is 17.0 Å². The molecule has 4 rings (SSSR count). The molecule has 1 aliphatic rings. The van der Waals surface area contributed by atoms with Crippen LogP contribution < -0.4 is 10.1 Å². The third kappa shape index (κ3) is 3.71. The van der Waals surface area contributed by atoms with Gasteiger partial charge in [-0.2, -0.15) is 0 Å². The number of nitrogens with one attached hydrogen (secondary N) is 1. The van der Waals surface area contributed by atoms with Gasteiger partial charge in [0.1, 0.15) is 5.75 Å². The summed E-state index contributed by atoms with van der Waals surface area (Å²) in [5, 5.41) is 3.60. The number of methoxy groups -OCH3 is 1. The minimum absolute atomic E-state index is 0.00943. The number of fused-ring (bicyclic) bond motifs is 1. The topological polar surface area (TPSA) is 85.4 Å². The van der Waals surface area contributed by atoms with Crippen LogP contribution in [0.1, 0.15) is 16.8 Å². The first kappa shape index (κ1) is 18.4. The molecule has 0 saturated carbocycles. The summed E-state index contributed by atoms with van der Waals surface area (Å²) in [4.78, 5) is 17.7. The van der Waals surface area contributed by atoms with Crippen molar-refractivity contribution in [3.63, 3.8) is 0 Å². The molecule has 1 unspecified atom stereocenters. The maximum absolute atomic E-state index is 13.0. The van der Waals surface area contributed by atoms with Gasteiger partial charge in [0, 0.05) is 17.0 Å². The number of nitrogens with zero attached hydrogens (tertiary/aromatic N) is 1. The van der Waals surface area contributed by atoms with E-state index in [1.807, 2.05) is 48.5 Å². The van der Waals surface area contributed by atoms with Crippen molar-refractivity contribution in [1.29, 1.82) is 0 Å². The van der Waals surface area contributed by atoms with Crippen LogP contribution in [0.3, 0.4) is 0 Å². The summed E-state index contributed by atoms with van der Waals surface area (Å²) in [6.07, 6.45) is 0.444. The zero-order valence-electron chi connectivity index (χ0n) is 15.4. The normalized spacial score (nSPS) is 18.1. The van der Waals surface area contributed by atoms with Crippen molar-refractivity contribution in [2.75, 3.05) is 18.6 Å². The fraction of sp³-hybridized carbons (Fsp3) is 0.238. The quantitative estimate of drug-likeness (QED) is 0.733. The summed E-state index contributed by atoms with van der Waals surface area (Å²) in [6, 6.07) is 16.3. The van der Waals surface area contributed by atoms with Crippen molar-refractivity contribution < 1.29 is 17.9 Å². The first-order chi connectivity index (χ1) is 13.4. The van der Waals surface area contributed by atoms with E-state index >= 15 is 0 Å². The van der Waals surface area contributed by atoms with E-state index in [4.69, 9.17) is 4.74 Å². The molecule has 3 aromatic rings. The Kier molecular flexibility index (Phi) is 4.77. The Morgan fingerprint density at radius 2 is 1.96 bits per heavy atom. The lowest BCUT2D eigenvalue weighted by Gasteiger charge is -2.14. The Labute approximate surface area is 163 Å². The highest BCUT2D eigenvalue weighted by atomic mass is 32.2. The lowest BCUT2D eigenvalue weighted by molar-refractivity contribution is 0.0943. The van der Waals surface area contributed by atoms with Gasteiger partial charge in [0.15, 0.2) is 9.84 Å². The van der Waals surface area contributed by atoms with E-state index < -0.39 is 9.84 Å². The number of carbonyl (C=O) groups is 1. The highest BCUT2D eigenvalue weighted by molar-refractivity contribution is 7.91. The van der Waals surface area contributed by atoms with E-state index in [-0.39, 0.29) is 23.5 Å². The molecular formula is C21H20N2O4S. The molecule has 0 bridgehead atoms. The smallest absolute Gasteiger partial charge is 0.252 e. The highest BCUT2D eigenvalue weighted by Crippen LogP contribution is 2.27. The van der Waals surface area contributed by atoms with Gasteiger partial charge in [-0.15, -0.1) is 0 Å². The predicted molar refractivity (Wildman–Crippen MR) is 108 cm³/mol. The van der Waals surface area contributed by atoms with Crippen LogP contribution in [-0.2, 0) is 9.84 Å². The molecule has 7 heteroatoms. The maximum atomic E-state index is 13.0. The molecule has 144 valence electrons. The first-order valence-corrected chi connectivity index (χ1v) is 10.8. The van der Waals surface area contributed by atoms with Crippen LogP contribution >= 0.6 is 0 Å². The number of pyridine rings is 1. The average Bonchev–Trinajstić information content (AvgIpc) is 3.05. The minimum atomic E-state index is -3.07. The molecule has 0 aliphatic carbocycles. The zero-order valence-corrected chi connectivity index (χ0v) is 16.2. The second kappa shape index (κ2) is 7.24. The zero-order chi connectivity index (χ0) is 19.7. The van der Waals surface area contributed by atoms with Crippen LogP contribution in [-0.4, -0.2) is 44.0 Å². The van der Waals surface area contributed by atoms with Crippen LogP contribution in [0.25, 0.3) is 22.2 Å². The lowest BCUT2D eigenvalue weighted by atomic mass is 10.0. The number of sulfone groups is 1. The molecule has 1 aliphatic heterocycles. The van der Waals surface area contributed by atoms with Crippen molar-refractivity contribution in [3.05, 3.63) is 60.2 Å². The maximum Gasteiger partial charge on any atom is 0.252 e. The number of hydrogen-bond donors (Lipinski definition) is 1. The molecule has 0 spiro atoms. The predicted octanol–water partition coefficient (Wildman–Crippen LogP) is 2.83. The van der Waals surface area contributed by atoms with Gasteiger partial charge in [0.25, 0.3) is 5.91 Å². The number of benzene rings is 2. The molecule has 0 radical (unpaired) electrons. The number of rotatable bonds is 4. The van der Waals surface area contributed by atoms with E-state index in [9.17, 15) is 13.2 Å². The second-order valence-electron chi connectivity index (χ2n) is 6.88. The molecule has 1 aromatic heterocycles. The Morgan fingerprint density at radius 3 is 2.71 bits per heavy atom. The van der Waals surface area contributed by atoms with Crippen LogP contribution in [0.15, 0.2) is 54.6 Å². The SMILES string of the molecule is COc1cccc(-c2cc(C(=O)NC3CCS(=O)(=O)C3)c3ccccc3n2)c1. The fourth-order valence-corrected chi connectivity index (χ4v) is 5.14. The number of ether oxygens (including phenoxy) is 1. The minimum Gasteiger partial charge on any atom is -0.497 e. The summed E-state index contributed by atoms with van der Waals surface area (Å²) in [5.74, 6) is 0.522. The summed E-state index contributed by atoms with van der Waals surface area (Å²) in [5.41, 5.74) is 2.67. The van der Waals surface area contributed by atoms with Gasteiger partial charge in [-0.1, -0.05) is 30.3 Å². The number of aromatic nitrogens is 1. The largest absolute Gasteiger partial charge is 0.497 e. The van der Waals surface area contributed by atoms with Gasteiger partial charge in [-0.05, 0) is 30.7 Å².